The van der Waals surface area contributed by atoms with Crippen molar-refractivity contribution in [1.82, 2.24) is 4.90 Å². The fourth-order valence-electron chi connectivity index (χ4n) is 2.22. The maximum Gasteiger partial charge on any atom is 0.224 e. The van der Waals surface area contributed by atoms with Gasteiger partial charge >= 0.3 is 0 Å². The number of amides is 1. The maximum absolute atomic E-state index is 12.4. The molecular formula is C16H23NO2S2. The molecule has 0 radical (unpaired) electrons. The van der Waals surface area contributed by atoms with Crippen LogP contribution in [0.2, 0.25) is 0 Å². The lowest BCUT2D eigenvalue weighted by molar-refractivity contribution is -0.131. The van der Waals surface area contributed by atoms with E-state index in [2.05, 4.69) is 30.5 Å². The van der Waals surface area contributed by atoms with E-state index in [0.717, 1.165) is 12.8 Å². The van der Waals surface area contributed by atoms with Crippen molar-refractivity contribution in [2.45, 2.75) is 43.7 Å². The summed E-state index contributed by atoms with van der Waals surface area (Å²) in [6.45, 7) is 2.57. The molecule has 0 N–H and O–H groups in total. The highest BCUT2D eigenvalue weighted by atomic mass is 32.2. The minimum Gasteiger partial charge on any atom is -0.335 e. The first kappa shape index (κ1) is 16.6. The van der Waals surface area contributed by atoms with Gasteiger partial charge in [0.25, 0.3) is 0 Å². The number of nitrogens with zero attached hydrogens (tertiary/aromatic N) is 1. The molecule has 1 fully saturated rings. The van der Waals surface area contributed by atoms with E-state index in [1.165, 1.54) is 10.5 Å². The highest BCUT2D eigenvalue weighted by Gasteiger charge is 2.32. The Bertz CT molecular complexity index is 498. The smallest absolute Gasteiger partial charge is 0.224 e. The summed E-state index contributed by atoms with van der Waals surface area (Å²) in [4.78, 5) is 15.6. The Morgan fingerprint density at radius 2 is 2.00 bits per heavy atom. The summed E-state index contributed by atoms with van der Waals surface area (Å²) in [7, 11) is -0.858. The zero-order valence-electron chi connectivity index (χ0n) is 12.7. The topological polar surface area (TPSA) is 37.4 Å². The van der Waals surface area contributed by atoms with Crippen LogP contribution in [0.25, 0.3) is 0 Å². The molecule has 0 aliphatic heterocycles. The molecule has 1 aliphatic carbocycles. The summed E-state index contributed by atoms with van der Waals surface area (Å²) in [5.74, 6) is 1.27. The highest BCUT2D eigenvalue weighted by molar-refractivity contribution is 7.98. The molecule has 0 saturated heterocycles. The molecule has 21 heavy (non-hydrogen) atoms. The molecular weight excluding hydrogens is 302 g/mol. The molecule has 0 bridgehead atoms. The third kappa shape index (κ3) is 5.15. The Balaban J connectivity index is 1.94. The molecule has 116 valence electrons. The summed E-state index contributed by atoms with van der Waals surface area (Å²) in [5.41, 5.74) is 1.17. The van der Waals surface area contributed by atoms with Crippen molar-refractivity contribution in [2.75, 3.05) is 17.8 Å². The van der Waals surface area contributed by atoms with Gasteiger partial charge < -0.3 is 4.90 Å². The van der Waals surface area contributed by atoms with Gasteiger partial charge in [-0.25, -0.2) is 0 Å². The number of carbonyl (C=O) groups is 1. The molecule has 1 saturated carbocycles. The van der Waals surface area contributed by atoms with Gasteiger partial charge in [-0.05, 0) is 36.8 Å². The highest BCUT2D eigenvalue weighted by Crippen LogP contribution is 2.29. The van der Waals surface area contributed by atoms with Crippen molar-refractivity contribution < 1.29 is 9.00 Å². The maximum atomic E-state index is 12.4. The number of thioether (sulfide) groups is 1. The van der Waals surface area contributed by atoms with E-state index in [0.29, 0.717) is 30.5 Å². The quantitative estimate of drug-likeness (QED) is 0.689. The van der Waals surface area contributed by atoms with E-state index in [1.807, 2.05) is 11.8 Å². The van der Waals surface area contributed by atoms with Crippen molar-refractivity contribution in [2.24, 2.45) is 0 Å². The third-order valence-corrected chi connectivity index (χ3v) is 5.73. The second kappa shape index (κ2) is 7.99. The van der Waals surface area contributed by atoms with E-state index in [4.69, 9.17) is 0 Å². The van der Waals surface area contributed by atoms with Crippen LogP contribution in [0.5, 0.6) is 0 Å². The molecule has 1 aliphatic rings. The van der Waals surface area contributed by atoms with Gasteiger partial charge in [-0.3, -0.25) is 9.00 Å². The predicted octanol–water partition coefficient (Wildman–Crippen LogP) is 3.06. The molecule has 1 amide bonds. The van der Waals surface area contributed by atoms with Crippen molar-refractivity contribution in [3.63, 3.8) is 0 Å². The van der Waals surface area contributed by atoms with Gasteiger partial charge in [-0.15, -0.1) is 11.8 Å². The first-order chi connectivity index (χ1) is 10.1. The van der Waals surface area contributed by atoms with Crippen molar-refractivity contribution >= 4 is 28.5 Å². The molecule has 1 atom stereocenters. The van der Waals surface area contributed by atoms with Gasteiger partial charge in [0.2, 0.25) is 5.91 Å². The molecule has 5 heteroatoms. The van der Waals surface area contributed by atoms with Crippen LogP contribution in [-0.4, -0.2) is 38.8 Å². The Labute approximate surface area is 133 Å². The lowest BCUT2D eigenvalue weighted by Gasteiger charge is -2.22. The zero-order valence-corrected chi connectivity index (χ0v) is 14.3. The standard InChI is InChI=1S/C16H23NO2S2/c1-3-21(19)11-10-16(18)17(14-6-7-14)12-13-4-8-15(20-2)9-5-13/h4-5,8-9,14H,3,6-7,10-12H2,1-2H3/t21-/m0/s1. The Morgan fingerprint density at radius 3 is 2.52 bits per heavy atom. The second-order valence-electron chi connectivity index (χ2n) is 5.28. The molecule has 0 spiro atoms. The summed E-state index contributed by atoms with van der Waals surface area (Å²) < 4.78 is 11.5. The van der Waals surface area contributed by atoms with Gasteiger partial charge in [-0.2, -0.15) is 0 Å². The Morgan fingerprint density at radius 1 is 1.33 bits per heavy atom. The first-order valence-corrected chi connectivity index (χ1v) is 10.1. The lowest BCUT2D eigenvalue weighted by Crippen LogP contribution is -2.33. The molecule has 2 rings (SSSR count). The molecule has 1 aromatic carbocycles. The van der Waals surface area contributed by atoms with Crippen LogP contribution in [-0.2, 0) is 22.1 Å². The average molecular weight is 325 g/mol. The van der Waals surface area contributed by atoms with E-state index >= 15 is 0 Å². The molecule has 0 heterocycles. The van der Waals surface area contributed by atoms with Crippen LogP contribution in [0, 0.1) is 0 Å². The van der Waals surface area contributed by atoms with Crippen LogP contribution in [0.15, 0.2) is 29.2 Å². The number of hydrogen-bond donors (Lipinski definition) is 0. The fraction of sp³-hybridized carbons (Fsp3) is 0.562. The Hall–Kier alpha value is -0.810. The summed E-state index contributed by atoms with van der Waals surface area (Å²) in [5, 5.41) is 0. The largest absolute Gasteiger partial charge is 0.335 e. The van der Waals surface area contributed by atoms with Crippen molar-refractivity contribution in [3.8, 4) is 0 Å². The molecule has 3 nitrogen and oxygen atoms in total. The number of carbonyl (C=O) groups excluding carboxylic acids is 1. The minimum absolute atomic E-state index is 0.147. The molecule has 0 unspecified atom stereocenters. The van der Waals surface area contributed by atoms with E-state index in [-0.39, 0.29) is 5.91 Å². The second-order valence-corrected chi connectivity index (χ2v) is 8.03. The van der Waals surface area contributed by atoms with E-state index < -0.39 is 10.8 Å². The normalized spacial score (nSPS) is 15.7. The van der Waals surface area contributed by atoms with Crippen molar-refractivity contribution in [1.29, 1.82) is 0 Å². The van der Waals surface area contributed by atoms with Crippen LogP contribution in [0.3, 0.4) is 0 Å². The predicted molar refractivity (Wildman–Crippen MR) is 90.0 cm³/mol. The summed E-state index contributed by atoms with van der Waals surface area (Å²) in [6, 6.07) is 8.79. The lowest BCUT2D eigenvalue weighted by atomic mass is 10.2. The summed E-state index contributed by atoms with van der Waals surface area (Å²) >= 11 is 1.72. The van der Waals surface area contributed by atoms with Crippen LogP contribution in [0.4, 0.5) is 0 Å². The van der Waals surface area contributed by atoms with Crippen LogP contribution in [0.1, 0.15) is 31.7 Å². The first-order valence-electron chi connectivity index (χ1n) is 7.41. The van der Waals surface area contributed by atoms with E-state index in [9.17, 15) is 9.00 Å². The van der Waals surface area contributed by atoms with Crippen LogP contribution < -0.4 is 0 Å². The van der Waals surface area contributed by atoms with E-state index in [1.54, 1.807) is 11.8 Å². The molecule has 1 aromatic rings. The van der Waals surface area contributed by atoms with Crippen LogP contribution >= 0.6 is 11.8 Å². The van der Waals surface area contributed by atoms with Gasteiger partial charge in [0.1, 0.15) is 0 Å². The fourth-order valence-corrected chi connectivity index (χ4v) is 3.32. The number of hydrogen-bond acceptors (Lipinski definition) is 3. The third-order valence-electron chi connectivity index (χ3n) is 3.69. The number of benzene rings is 1. The van der Waals surface area contributed by atoms with Gasteiger partial charge in [0.05, 0.1) is 0 Å². The summed E-state index contributed by atoms with van der Waals surface area (Å²) in [6.07, 6.45) is 4.67. The number of rotatable bonds is 8. The Kier molecular flexibility index (Phi) is 6.30. The monoisotopic (exact) mass is 325 g/mol. The van der Waals surface area contributed by atoms with Gasteiger partial charge in [-0.1, -0.05) is 19.1 Å². The minimum atomic E-state index is -0.858. The van der Waals surface area contributed by atoms with Crippen molar-refractivity contribution in [3.05, 3.63) is 29.8 Å². The zero-order chi connectivity index (χ0) is 15.2. The average Bonchev–Trinajstić information content (AvgIpc) is 3.35. The van der Waals surface area contributed by atoms with Gasteiger partial charge in [0, 0.05) is 46.2 Å². The SMILES string of the molecule is CC[S@](=O)CCC(=O)N(Cc1ccc(SC)cc1)C1CC1. The molecule has 0 aromatic heterocycles. The van der Waals surface area contributed by atoms with Gasteiger partial charge in [0.15, 0.2) is 0 Å².